The summed E-state index contributed by atoms with van der Waals surface area (Å²) in [6.45, 7) is 11.9. The van der Waals surface area contributed by atoms with Crippen molar-refractivity contribution in [2.24, 2.45) is 28.6 Å². The van der Waals surface area contributed by atoms with Crippen LogP contribution in [0.2, 0.25) is 0 Å². The number of fused-ring (bicyclic) bond motifs is 1. The Morgan fingerprint density at radius 1 is 1.20 bits per heavy atom. The Morgan fingerprint density at radius 3 is 2.67 bits per heavy atom. The average molecular weight is 204 g/mol. The third-order valence-electron chi connectivity index (χ3n) is 6.34. The zero-order chi connectivity index (χ0) is 10.8. The maximum Gasteiger partial charge on any atom is -0.0111 e. The highest BCUT2D eigenvalue weighted by Crippen LogP contribution is 2.70. The van der Waals surface area contributed by atoms with E-state index in [1.165, 1.54) is 32.1 Å². The maximum atomic E-state index is 4.43. The van der Waals surface area contributed by atoms with Crippen LogP contribution in [0.5, 0.6) is 0 Å². The molecule has 0 aliphatic heterocycles. The van der Waals surface area contributed by atoms with Crippen molar-refractivity contribution in [1.29, 1.82) is 0 Å². The highest BCUT2D eigenvalue weighted by Gasteiger charge is 2.61. The molecule has 0 radical (unpaired) electrons. The summed E-state index contributed by atoms with van der Waals surface area (Å²) in [5, 5.41) is 0. The molecule has 0 amide bonds. The topological polar surface area (TPSA) is 0 Å². The molecule has 1 spiro atoms. The van der Waals surface area contributed by atoms with E-state index in [0.717, 1.165) is 23.2 Å². The Balaban J connectivity index is 2.09. The summed E-state index contributed by atoms with van der Waals surface area (Å²) in [7, 11) is 0. The van der Waals surface area contributed by atoms with Gasteiger partial charge in [0.05, 0.1) is 0 Å². The van der Waals surface area contributed by atoms with E-state index in [4.69, 9.17) is 0 Å². The van der Waals surface area contributed by atoms with E-state index < -0.39 is 0 Å². The minimum atomic E-state index is 0.421. The second-order valence-corrected chi connectivity index (χ2v) is 6.95. The van der Waals surface area contributed by atoms with E-state index in [9.17, 15) is 0 Å². The normalized spacial score (nSPS) is 51.9. The molecule has 2 bridgehead atoms. The van der Waals surface area contributed by atoms with E-state index >= 15 is 0 Å². The van der Waals surface area contributed by atoms with Crippen molar-refractivity contribution in [3.05, 3.63) is 12.2 Å². The summed E-state index contributed by atoms with van der Waals surface area (Å²) in [6, 6.07) is 0. The van der Waals surface area contributed by atoms with Gasteiger partial charge in [0.25, 0.3) is 0 Å². The molecule has 3 aliphatic carbocycles. The van der Waals surface area contributed by atoms with Gasteiger partial charge in [-0.3, -0.25) is 0 Å². The van der Waals surface area contributed by atoms with Gasteiger partial charge in [-0.05, 0) is 60.7 Å². The lowest BCUT2D eigenvalue weighted by Gasteiger charge is -2.50. The molecule has 1 unspecified atom stereocenters. The lowest BCUT2D eigenvalue weighted by molar-refractivity contribution is 0.0429. The fraction of sp³-hybridized carbons (Fsp3) is 0.867. The number of allylic oxidation sites excluding steroid dienone is 1. The van der Waals surface area contributed by atoms with Crippen LogP contribution in [-0.4, -0.2) is 0 Å². The molecule has 0 aromatic rings. The predicted molar refractivity (Wildman–Crippen MR) is 64.6 cm³/mol. The van der Waals surface area contributed by atoms with Gasteiger partial charge in [-0.15, -0.1) is 0 Å². The Labute approximate surface area is 94.1 Å². The number of hydrogen-bond donors (Lipinski definition) is 0. The van der Waals surface area contributed by atoms with Crippen LogP contribution in [0.4, 0.5) is 0 Å². The zero-order valence-electron chi connectivity index (χ0n) is 10.5. The molecule has 0 saturated heterocycles. The maximum absolute atomic E-state index is 4.43. The standard InChI is InChI=1S/C15H24/c1-10-5-6-13-14(3,4)11(2)12-7-8-15(10,13)9-12/h10,12-13H,2,5-9H2,1,3-4H3/t10-,12?,13-,15+/m1/s1. The van der Waals surface area contributed by atoms with E-state index in [1.807, 2.05) is 0 Å². The Bertz CT molecular complexity index is 312. The van der Waals surface area contributed by atoms with Gasteiger partial charge in [-0.1, -0.05) is 32.9 Å². The quantitative estimate of drug-likeness (QED) is 0.513. The fourth-order valence-electron chi connectivity index (χ4n) is 5.33. The molecule has 3 fully saturated rings. The fourth-order valence-corrected chi connectivity index (χ4v) is 5.33. The molecule has 4 atom stereocenters. The Hall–Kier alpha value is -0.260. The molecule has 3 aliphatic rings. The molecule has 84 valence electrons. The van der Waals surface area contributed by atoms with Crippen LogP contribution >= 0.6 is 0 Å². The van der Waals surface area contributed by atoms with Gasteiger partial charge in [-0.25, -0.2) is 0 Å². The van der Waals surface area contributed by atoms with Gasteiger partial charge >= 0.3 is 0 Å². The van der Waals surface area contributed by atoms with Crippen LogP contribution in [0.1, 0.15) is 52.9 Å². The number of hydrogen-bond acceptors (Lipinski definition) is 0. The van der Waals surface area contributed by atoms with E-state index in [0.29, 0.717) is 5.41 Å². The van der Waals surface area contributed by atoms with Crippen molar-refractivity contribution in [3.63, 3.8) is 0 Å². The summed E-state index contributed by atoms with van der Waals surface area (Å²) < 4.78 is 0. The minimum absolute atomic E-state index is 0.421. The van der Waals surface area contributed by atoms with Crippen molar-refractivity contribution in [2.75, 3.05) is 0 Å². The van der Waals surface area contributed by atoms with Crippen LogP contribution in [0, 0.1) is 28.6 Å². The number of rotatable bonds is 0. The van der Waals surface area contributed by atoms with Crippen molar-refractivity contribution < 1.29 is 0 Å². The molecule has 0 heteroatoms. The Morgan fingerprint density at radius 2 is 1.93 bits per heavy atom. The molecule has 3 rings (SSSR count). The van der Waals surface area contributed by atoms with Crippen molar-refractivity contribution >= 4 is 0 Å². The van der Waals surface area contributed by atoms with E-state index in [-0.39, 0.29) is 0 Å². The van der Waals surface area contributed by atoms with Crippen LogP contribution in [0.25, 0.3) is 0 Å². The summed E-state index contributed by atoms with van der Waals surface area (Å²) >= 11 is 0. The molecule has 0 aromatic carbocycles. The molecular weight excluding hydrogens is 180 g/mol. The third kappa shape index (κ3) is 0.990. The lowest BCUT2D eigenvalue weighted by Crippen LogP contribution is -2.42. The van der Waals surface area contributed by atoms with Gasteiger partial charge in [0.15, 0.2) is 0 Å². The first-order valence-electron chi connectivity index (χ1n) is 6.68. The second-order valence-electron chi connectivity index (χ2n) is 6.95. The minimum Gasteiger partial charge on any atom is -0.0990 e. The molecule has 0 nitrogen and oxygen atoms in total. The molecule has 0 aromatic heterocycles. The highest BCUT2D eigenvalue weighted by molar-refractivity contribution is 5.25. The summed E-state index contributed by atoms with van der Waals surface area (Å²) in [6.07, 6.45) is 7.32. The zero-order valence-corrected chi connectivity index (χ0v) is 10.5. The van der Waals surface area contributed by atoms with E-state index in [2.05, 4.69) is 27.4 Å². The second kappa shape index (κ2) is 2.70. The molecule has 3 saturated carbocycles. The monoisotopic (exact) mass is 204 g/mol. The van der Waals surface area contributed by atoms with Gasteiger partial charge < -0.3 is 0 Å². The lowest BCUT2D eigenvalue weighted by atomic mass is 9.54. The molecule has 0 heterocycles. The van der Waals surface area contributed by atoms with Crippen molar-refractivity contribution in [1.82, 2.24) is 0 Å². The first-order chi connectivity index (χ1) is 6.98. The SMILES string of the molecule is C=C1C2CC[C@]3(C2)[C@H](C)CC[C@@H]3C1(C)C. The molecule has 15 heavy (non-hydrogen) atoms. The van der Waals surface area contributed by atoms with Gasteiger partial charge in [0, 0.05) is 0 Å². The Kier molecular flexibility index (Phi) is 1.79. The van der Waals surface area contributed by atoms with Gasteiger partial charge in [-0.2, -0.15) is 0 Å². The molecular formula is C15H24. The van der Waals surface area contributed by atoms with E-state index in [1.54, 1.807) is 5.57 Å². The largest absolute Gasteiger partial charge is 0.0990 e. The average Bonchev–Trinajstić information content (AvgIpc) is 2.71. The summed E-state index contributed by atoms with van der Waals surface area (Å²) in [5.41, 5.74) is 2.72. The smallest absolute Gasteiger partial charge is 0.0111 e. The highest BCUT2D eigenvalue weighted by atomic mass is 14.7. The van der Waals surface area contributed by atoms with Crippen LogP contribution in [-0.2, 0) is 0 Å². The molecule has 0 N–H and O–H groups in total. The summed E-state index contributed by atoms with van der Waals surface area (Å²) in [4.78, 5) is 0. The van der Waals surface area contributed by atoms with Crippen molar-refractivity contribution in [2.45, 2.75) is 52.9 Å². The van der Waals surface area contributed by atoms with Crippen LogP contribution in [0.15, 0.2) is 12.2 Å². The van der Waals surface area contributed by atoms with Gasteiger partial charge in [0.1, 0.15) is 0 Å². The van der Waals surface area contributed by atoms with Crippen LogP contribution in [0.3, 0.4) is 0 Å². The van der Waals surface area contributed by atoms with Crippen LogP contribution < -0.4 is 0 Å². The first kappa shape index (κ1) is 9.93. The predicted octanol–water partition coefficient (Wildman–Crippen LogP) is 4.42. The van der Waals surface area contributed by atoms with Gasteiger partial charge in [0.2, 0.25) is 0 Å². The third-order valence-corrected chi connectivity index (χ3v) is 6.34. The van der Waals surface area contributed by atoms with Crippen molar-refractivity contribution in [3.8, 4) is 0 Å². The summed E-state index contributed by atoms with van der Waals surface area (Å²) in [5.74, 6) is 2.77. The first-order valence-corrected chi connectivity index (χ1v) is 6.68.